The molecule has 0 spiro atoms. The van der Waals surface area contributed by atoms with Crippen molar-refractivity contribution < 1.29 is 5.11 Å². The van der Waals surface area contributed by atoms with Crippen molar-refractivity contribution in [3.63, 3.8) is 0 Å². The molecule has 2 heteroatoms. The van der Waals surface area contributed by atoms with E-state index in [1.807, 2.05) is 0 Å². The van der Waals surface area contributed by atoms with Crippen LogP contribution in [-0.4, -0.2) is 17.8 Å². The summed E-state index contributed by atoms with van der Waals surface area (Å²) >= 11 is 0. The minimum atomic E-state index is 0.201. The van der Waals surface area contributed by atoms with Crippen LogP contribution < -0.4 is 5.73 Å². The van der Waals surface area contributed by atoms with E-state index < -0.39 is 0 Å². The summed E-state index contributed by atoms with van der Waals surface area (Å²) in [5.41, 5.74) is 6.19. The molecule has 1 aliphatic rings. The zero-order valence-corrected chi connectivity index (χ0v) is 8.38. The predicted octanol–water partition coefficient (Wildman–Crippen LogP) is 1.38. The van der Waals surface area contributed by atoms with E-state index in [-0.39, 0.29) is 5.41 Å². The molecule has 0 unspecified atom stereocenters. The lowest BCUT2D eigenvalue weighted by atomic mass is 9.61. The van der Waals surface area contributed by atoms with Crippen molar-refractivity contribution >= 4 is 0 Å². The minimum Gasteiger partial charge on any atom is -0.396 e. The Balaban J connectivity index is 2.73. The maximum atomic E-state index is 9.19. The molecule has 0 aromatic carbocycles. The maximum absolute atomic E-state index is 9.19. The predicted molar refractivity (Wildman–Crippen MR) is 50.7 cm³/mol. The van der Waals surface area contributed by atoms with Gasteiger partial charge in [0, 0.05) is 12.6 Å². The number of aliphatic hydroxyl groups excluding tert-OH is 1. The van der Waals surface area contributed by atoms with E-state index in [9.17, 15) is 5.11 Å². The summed E-state index contributed by atoms with van der Waals surface area (Å²) in [4.78, 5) is 0. The number of rotatable bonds is 1. The molecule has 3 atom stereocenters. The Kier molecular flexibility index (Phi) is 2.79. The molecule has 0 aromatic rings. The van der Waals surface area contributed by atoms with Gasteiger partial charge in [0.15, 0.2) is 0 Å². The van der Waals surface area contributed by atoms with Gasteiger partial charge in [0.05, 0.1) is 0 Å². The lowest BCUT2D eigenvalue weighted by molar-refractivity contribution is 0.0168. The van der Waals surface area contributed by atoms with Crippen LogP contribution >= 0.6 is 0 Å². The molecule has 0 aliphatic heterocycles. The molecular formula is C10H21NO. The van der Waals surface area contributed by atoms with Crippen LogP contribution in [0.15, 0.2) is 0 Å². The van der Waals surface area contributed by atoms with Gasteiger partial charge in [-0.3, -0.25) is 0 Å². The van der Waals surface area contributed by atoms with Gasteiger partial charge in [-0.1, -0.05) is 20.8 Å². The van der Waals surface area contributed by atoms with Crippen molar-refractivity contribution in [2.24, 2.45) is 23.0 Å². The lowest BCUT2D eigenvalue weighted by Gasteiger charge is -2.46. The Hall–Kier alpha value is -0.0800. The van der Waals surface area contributed by atoms with Crippen LogP contribution in [0, 0.1) is 17.3 Å². The van der Waals surface area contributed by atoms with E-state index in [4.69, 9.17) is 5.73 Å². The fourth-order valence-electron chi connectivity index (χ4n) is 2.27. The molecule has 12 heavy (non-hydrogen) atoms. The van der Waals surface area contributed by atoms with Gasteiger partial charge < -0.3 is 10.8 Å². The number of nitrogens with two attached hydrogens (primary N) is 1. The molecule has 1 fully saturated rings. The third kappa shape index (κ3) is 1.50. The summed E-state index contributed by atoms with van der Waals surface area (Å²) in [7, 11) is 0. The van der Waals surface area contributed by atoms with Crippen molar-refractivity contribution in [2.45, 2.75) is 39.7 Å². The molecule has 0 radical (unpaired) electrons. The van der Waals surface area contributed by atoms with Gasteiger partial charge in [-0.2, -0.15) is 0 Å². The average molecular weight is 171 g/mol. The zero-order valence-electron chi connectivity index (χ0n) is 8.38. The van der Waals surface area contributed by atoms with Crippen LogP contribution in [0.3, 0.4) is 0 Å². The lowest BCUT2D eigenvalue weighted by Crippen LogP contribution is -2.47. The molecule has 0 heterocycles. The fourth-order valence-corrected chi connectivity index (χ4v) is 2.27. The summed E-state index contributed by atoms with van der Waals surface area (Å²) < 4.78 is 0. The van der Waals surface area contributed by atoms with Crippen molar-refractivity contribution in [2.75, 3.05) is 6.61 Å². The standard InChI is InChI=1S/C10H21NO/c1-7-9(11)5-4-8(6-12)10(7,2)3/h7-9,12H,4-6,11H2,1-3H3/t7-,8-,9-/m0/s1. The van der Waals surface area contributed by atoms with Gasteiger partial charge in [0.25, 0.3) is 0 Å². The van der Waals surface area contributed by atoms with Crippen LogP contribution in [0.5, 0.6) is 0 Å². The Labute approximate surface area is 75.2 Å². The molecule has 0 aromatic heterocycles. The molecular weight excluding hydrogens is 150 g/mol. The van der Waals surface area contributed by atoms with Gasteiger partial charge in [0.2, 0.25) is 0 Å². The maximum Gasteiger partial charge on any atom is 0.0464 e. The molecule has 1 rings (SSSR count). The summed E-state index contributed by atoms with van der Waals surface area (Å²) in [5.74, 6) is 0.954. The van der Waals surface area contributed by atoms with Crippen molar-refractivity contribution in [3.05, 3.63) is 0 Å². The first-order chi connectivity index (χ1) is 5.50. The highest BCUT2D eigenvalue weighted by Crippen LogP contribution is 2.43. The normalized spacial score (nSPS) is 41.2. The zero-order chi connectivity index (χ0) is 9.35. The minimum absolute atomic E-state index is 0.201. The Morgan fingerprint density at radius 3 is 2.50 bits per heavy atom. The highest BCUT2D eigenvalue weighted by Gasteiger charge is 2.40. The molecule has 0 saturated heterocycles. The molecule has 1 saturated carbocycles. The van der Waals surface area contributed by atoms with Crippen molar-refractivity contribution in [1.29, 1.82) is 0 Å². The topological polar surface area (TPSA) is 46.2 Å². The summed E-state index contributed by atoms with van der Waals surface area (Å²) in [6, 6.07) is 0.322. The van der Waals surface area contributed by atoms with E-state index in [2.05, 4.69) is 20.8 Å². The second-order valence-corrected chi connectivity index (χ2v) is 4.73. The third-order valence-corrected chi connectivity index (χ3v) is 3.94. The second kappa shape index (κ2) is 3.35. The van der Waals surface area contributed by atoms with Crippen molar-refractivity contribution in [1.82, 2.24) is 0 Å². The van der Waals surface area contributed by atoms with E-state index in [1.165, 1.54) is 0 Å². The summed E-state index contributed by atoms with van der Waals surface area (Å²) in [6.07, 6.45) is 2.14. The van der Waals surface area contributed by atoms with E-state index >= 15 is 0 Å². The van der Waals surface area contributed by atoms with Gasteiger partial charge in [-0.05, 0) is 30.1 Å². The largest absolute Gasteiger partial charge is 0.396 e. The molecule has 1 aliphatic carbocycles. The highest BCUT2D eigenvalue weighted by molar-refractivity contribution is 4.92. The fraction of sp³-hybridized carbons (Fsp3) is 1.00. The molecule has 3 N–H and O–H groups in total. The summed E-state index contributed by atoms with van der Waals surface area (Å²) in [5, 5.41) is 9.19. The van der Waals surface area contributed by atoms with Gasteiger partial charge in [0.1, 0.15) is 0 Å². The van der Waals surface area contributed by atoms with Crippen LogP contribution in [-0.2, 0) is 0 Å². The first-order valence-electron chi connectivity index (χ1n) is 4.86. The molecule has 72 valence electrons. The SMILES string of the molecule is C[C@H]1[C@@H](N)CC[C@@H](CO)C1(C)C. The van der Waals surface area contributed by atoms with Crippen LogP contribution in [0.4, 0.5) is 0 Å². The Morgan fingerprint density at radius 2 is 2.00 bits per heavy atom. The van der Waals surface area contributed by atoms with Crippen LogP contribution in [0.2, 0.25) is 0 Å². The van der Waals surface area contributed by atoms with Gasteiger partial charge in [-0.25, -0.2) is 0 Å². The smallest absolute Gasteiger partial charge is 0.0464 e. The quantitative estimate of drug-likeness (QED) is 0.626. The number of hydrogen-bond donors (Lipinski definition) is 2. The van der Waals surface area contributed by atoms with Crippen molar-refractivity contribution in [3.8, 4) is 0 Å². The van der Waals surface area contributed by atoms with E-state index in [1.54, 1.807) is 0 Å². The van der Waals surface area contributed by atoms with Gasteiger partial charge >= 0.3 is 0 Å². The first kappa shape index (κ1) is 10.0. The number of hydrogen-bond acceptors (Lipinski definition) is 2. The first-order valence-corrected chi connectivity index (χ1v) is 4.86. The van der Waals surface area contributed by atoms with Crippen LogP contribution in [0.25, 0.3) is 0 Å². The average Bonchev–Trinajstić information content (AvgIpc) is 2.01. The third-order valence-electron chi connectivity index (χ3n) is 3.94. The van der Waals surface area contributed by atoms with Gasteiger partial charge in [-0.15, -0.1) is 0 Å². The highest BCUT2D eigenvalue weighted by atomic mass is 16.3. The Bertz CT molecular complexity index is 152. The molecule has 0 bridgehead atoms. The summed E-state index contributed by atoms with van der Waals surface area (Å²) in [6.45, 7) is 6.95. The van der Waals surface area contributed by atoms with E-state index in [0.29, 0.717) is 24.5 Å². The number of aliphatic hydroxyl groups is 1. The molecule has 2 nitrogen and oxygen atoms in total. The van der Waals surface area contributed by atoms with E-state index in [0.717, 1.165) is 12.8 Å². The second-order valence-electron chi connectivity index (χ2n) is 4.73. The Morgan fingerprint density at radius 1 is 1.42 bits per heavy atom. The molecule has 0 amide bonds. The monoisotopic (exact) mass is 171 g/mol. The van der Waals surface area contributed by atoms with Crippen LogP contribution in [0.1, 0.15) is 33.6 Å².